The molecule has 5 heteroatoms. The Hall–Kier alpha value is -1.88. The molecule has 1 saturated carbocycles. The Balaban J connectivity index is 1.54. The topological polar surface area (TPSA) is 58.6 Å². The number of anilines is 1. The van der Waals surface area contributed by atoms with Gasteiger partial charge in [-0.2, -0.15) is 0 Å². The minimum Gasteiger partial charge on any atom is -0.376 e. The average Bonchev–Trinajstić information content (AvgIpc) is 3.28. The van der Waals surface area contributed by atoms with Gasteiger partial charge in [0.05, 0.1) is 6.61 Å². The first-order valence-corrected chi connectivity index (χ1v) is 8.96. The summed E-state index contributed by atoms with van der Waals surface area (Å²) in [7, 11) is 0. The Kier molecular flexibility index (Phi) is 5.51. The van der Waals surface area contributed by atoms with Crippen LogP contribution in [0.15, 0.2) is 24.3 Å². The maximum Gasteiger partial charge on any atom is 0.313 e. The molecule has 1 heterocycles. The smallest absolute Gasteiger partial charge is 0.313 e. The van der Waals surface area contributed by atoms with E-state index in [-0.39, 0.29) is 6.04 Å². The molecule has 1 aliphatic carbocycles. The van der Waals surface area contributed by atoms with Gasteiger partial charge in [0.1, 0.15) is 0 Å². The fourth-order valence-electron chi connectivity index (χ4n) is 3.21. The molecule has 2 fully saturated rings. The van der Waals surface area contributed by atoms with Crippen molar-refractivity contribution in [1.29, 1.82) is 0 Å². The van der Waals surface area contributed by atoms with Gasteiger partial charge >= 0.3 is 11.8 Å². The zero-order valence-corrected chi connectivity index (χ0v) is 14.3. The Morgan fingerprint density at radius 2 is 2.12 bits per heavy atom. The van der Waals surface area contributed by atoms with Crippen LogP contribution in [0.3, 0.4) is 0 Å². The summed E-state index contributed by atoms with van der Waals surface area (Å²) in [5.74, 6) is -0.237. The zero-order valence-electron chi connectivity index (χ0n) is 14.3. The predicted octanol–water partition coefficient (Wildman–Crippen LogP) is 2.95. The van der Waals surface area contributed by atoms with Crippen molar-refractivity contribution in [3.8, 4) is 0 Å². The number of hydrogen-bond acceptors (Lipinski definition) is 3. The van der Waals surface area contributed by atoms with Crippen LogP contribution in [0.2, 0.25) is 0 Å². The van der Waals surface area contributed by atoms with Crippen molar-refractivity contribution in [3.63, 3.8) is 0 Å². The van der Waals surface area contributed by atoms with E-state index in [4.69, 9.17) is 4.74 Å². The second-order valence-corrected chi connectivity index (χ2v) is 6.82. The van der Waals surface area contributed by atoms with Crippen LogP contribution < -0.4 is 5.32 Å². The summed E-state index contributed by atoms with van der Waals surface area (Å²) in [6.07, 6.45) is 5.41. The number of carbonyl (C=O) groups excluding carboxylic acids is 2. The summed E-state index contributed by atoms with van der Waals surface area (Å²) in [5.41, 5.74) is 1.65. The largest absolute Gasteiger partial charge is 0.376 e. The minimum atomic E-state index is -0.550. The van der Waals surface area contributed by atoms with E-state index in [1.807, 2.05) is 18.2 Å². The molecule has 0 spiro atoms. The highest BCUT2D eigenvalue weighted by Gasteiger charge is 2.31. The van der Waals surface area contributed by atoms with E-state index in [0.29, 0.717) is 18.8 Å². The number of likely N-dealkylation sites (tertiary alicyclic amines) is 1. The van der Waals surface area contributed by atoms with Gasteiger partial charge in [-0.1, -0.05) is 19.1 Å². The highest BCUT2D eigenvalue weighted by atomic mass is 16.5. The van der Waals surface area contributed by atoms with Gasteiger partial charge in [0.25, 0.3) is 0 Å². The van der Waals surface area contributed by atoms with E-state index in [1.165, 1.54) is 12.8 Å². The minimum absolute atomic E-state index is 0.199. The van der Waals surface area contributed by atoms with E-state index in [1.54, 1.807) is 11.0 Å². The Morgan fingerprint density at radius 3 is 2.88 bits per heavy atom. The van der Waals surface area contributed by atoms with Crippen LogP contribution in [0, 0.1) is 5.92 Å². The lowest BCUT2D eigenvalue weighted by Crippen LogP contribution is -2.42. The van der Waals surface area contributed by atoms with Crippen molar-refractivity contribution >= 4 is 17.5 Å². The third kappa shape index (κ3) is 4.35. The number of ether oxygens (including phenoxy) is 1. The van der Waals surface area contributed by atoms with Gasteiger partial charge in [-0.25, -0.2) is 0 Å². The molecule has 130 valence electrons. The lowest BCUT2D eigenvalue weighted by Gasteiger charge is -2.22. The van der Waals surface area contributed by atoms with Crippen molar-refractivity contribution in [1.82, 2.24) is 4.90 Å². The third-order valence-electron chi connectivity index (χ3n) is 4.81. The molecular weight excluding hydrogens is 304 g/mol. The second-order valence-electron chi connectivity index (χ2n) is 6.82. The summed E-state index contributed by atoms with van der Waals surface area (Å²) >= 11 is 0. The van der Waals surface area contributed by atoms with Crippen molar-refractivity contribution in [2.45, 2.75) is 51.7 Å². The van der Waals surface area contributed by atoms with E-state index >= 15 is 0 Å². The standard InChI is InChI=1S/C19H26N2O3/c1-2-17-7-4-10-21(17)19(23)18(22)20-16-6-3-5-15(11-16)13-24-12-14-8-9-14/h3,5-6,11,14,17H,2,4,7-10,12-13H2,1H3,(H,20,22). The molecule has 24 heavy (non-hydrogen) atoms. The summed E-state index contributed by atoms with van der Waals surface area (Å²) in [6.45, 7) is 4.08. The Bertz CT molecular complexity index is 598. The van der Waals surface area contributed by atoms with E-state index in [0.717, 1.165) is 37.4 Å². The van der Waals surface area contributed by atoms with Crippen LogP contribution in [0.25, 0.3) is 0 Å². The maximum atomic E-state index is 12.3. The van der Waals surface area contributed by atoms with Gasteiger partial charge in [-0.15, -0.1) is 0 Å². The molecule has 3 rings (SSSR count). The monoisotopic (exact) mass is 330 g/mol. The van der Waals surface area contributed by atoms with Gasteiger partial charge in [0.2, 0.25) is 0 Å². The van der Waals surface area contributed by atoms with E-state index in [2.05, 4.69) is 12.2 Å². The molecule has 0 bridgehead atoms. The average molecular weight is 330 g/mol. The molecular formula is C19H26N2O3. The lowest BCUT2D eigenvalue weighted by atomic mass is 10.1. The highest BCUT2D eigenvalue weighted by Crippen LogP contribution is 2.29. The number of amides is 2. The number of rotatable bonds is 6. The molecule has 1 saturated heterocycles. The fourth-order valence-corrected chi connectivity index (χ4v) is 3.21. The predicted molar refractivity (Wildman–Crippen MR) is 92.5 cm³/mol. The van der Waals surface area contributed by atoms with Crippen molar-refractivity contribution in [2.24, 2.45) is 5.92 Å². The van der Waals surface area contributed by atoms with Crippen molar-refractivity contribution in [3.05, 3.63) is 29.8 Å². The van der Waals surface area contributed by atoms with Crippen LogP contribution >= 0.6 is 0 Å². The summed E-state index contributed by atoms with van der Waals surface area (Å²) in [5, 5.41) is 2.73. The SMILES string of the molecule is CCC1CCCN1C(=O)C(=O)Nc1cccc(COCC2CC2)c1. The second kappa shape index (κ2) is 7.79. The summed E-state index contributed by atoms with van der Waals surface area (Å²) in [4.78, 5) is 26.3. The third-order valence-corrected chi connectivity index (χ3v) is 4.81. The fraction of sp³-hybridized carbons (Fsp3) is 0.579. The highest BCUT2D eigenvalue weighted by molar-refractivity contribution is 6.39. The molecule has 0 aromatic heterocycles. The lowest BCUT2D eigenvalue weighted by molar-refractivity contribution is -0.143. The van der Waals surface area contributed by atoms with E-state index < -0.39 is 11.8 Å². The molecule has 2 amide bonds. The Morgan fingerprint density at radius 1 is 1.29 bits per heavy atom. The van der Waals surface area contributed by atoms with Crippen LogP contribution in [-0.2, 0) is 20.9 Å². The first-order chi connectivity index (χ1) is 11.7. The van der Waals surface area contributed by atoms with Crippen molar-refractivity contribution < 1.29 is 14.3 Å². The maximum absolute atomic E-state index is 12.3. The van der Waals surface area contributed by atoms with Crippen LogP contribution in [0.1, 0.15) is 44.6 Å². The molecule has 0 radical (unpaired) electrons. The number of nitrogens with one attached hydrogen (secondary N) is 1. The van der Waals surface area contributed by atoms with Gasteiger partial charge in [0, 0.05) is 24.9 Å². The first-order valence-electron chi connectivity index (χ1n) is 8.96. The molecule has 1 aromatic rings. The molecule has 1 aromatic carbocycles. The zero-order chi connectivity index (χ0) is 16.9. The van der Waals surface area contributed by atoms with Crippen LogP contribution in [-0.4, -0.2) is 35.9 Å². The number of nitrogens with zero attached hydrogens (tertiary/aromatic N) is 1. The molecule has 1 atom stereocenters. The molecule has 1 aliphatic heterocycles. The molecule has 2 aliphatic rings. The van der Waals surface area contributed by atoms with Crippen LogP contribution in [0.4, 0.5) is 5.69 Å². The van der Waals surface area contributed by atoms with Crippen molar-refractivity contribution in [2.75, 3.05) is 18.5 Å². The van der Waals surface area contributed by atoms with Crippen LogP contribution in [0.5, 0.6) is 0 Å². The van der Waals surface area contributed by atoms with Gasteiger partial charge in [0.15, 0.2) is 0 Å². The molecule has 1 unspecified atom stereocenters. The number of benzene rings is 1. The summed E-state index contributed by atoms with van der Waals surface area (Å²) in [6, 6.07) is 7.72. The van der Waals surface area contributed by atoms with E-state index in [9.17, 15) is 9.59 Å². The molecule has 1 N–H and O–H groups in total. The first kappa shape index (κ1) is 17.0. The quantitative estimate of drug-likeness (QED) is 0.816. The normalized spacial score (nSPS) is 20.2. The summed E-state index contributed by atoms with van der Waals surface area (Å²) < 4.78 is 5.67. The van der Waals surface area contributed by atoms with Gasteiger partial charge < -0.3 is 15.0 Å². The molecule has 5 nitrogen and oxygen atoms in total. The number of carbonyl (C=O) groups is 2. The Labute approximate surface area is 143 Å². The van der Waals surface area contributed by atoms with Gasteiger partial charge in [-0.3, -0.25) is 9.59 Å². The van der Waals surface area contributed by atoms with Gasteiger partial charge in [-0.05, 0) is 55.7 Å². The number of hydrogen-bond donors (Lipinski definition) is 1.